The number of ether oxygens (including phenoxy) is 1. The quantitative estimate of drug-likeness (QED) is 0.814. The zero-order chi connectivity index (χ0) is 13.0. The van der Waals surface area contributed by atoms with Gasteiger partial charge >= 0.3 is 0 Å². The van der Waals surface area contributed by atoms with Gasteiger partial charge in [-0.3, -0.25) is 0 Å². The number of benzene rings is 2. The first-order valence-electron chi connectivity index (χ1n) is 5.81. The van der Waals surface area contributed by atoms with Crippen LogP contribution in [0.3, 0.4) is 0 Å². The van der Waals surface area contributed by atoms with Crippen molar-refractivity contribution in [2.45, 2.75) is 6.54 Å². The fourth-order valence-corrected chi connectivity index (χ4v) is 1.70. The highest BCUT2D eigenvalue weighted by atomic mass is 19.1. The molecular weight excluding hydrogens is 229 g/mol. The van der Waals surface area contributed by atoms with Gasteiger partial charge in [0.25, 0.3) is 0 Å². The second-order valence-electron chi connectivity index (χ2n) is 4.40. The van der Waals surface area contributed by atoms with E-state index in [0.717, 1.165) is 17.9 Å². The monoisotopic (exact) mass is 245 g/mol. The SMILES string of the molecule is CN(C)Cc1ccccc1Oc1ccc(F)cc1. The third kappa shape index (κ3) is 3.31. The van der Waals surface area contributed by atoms with E-state index in [4.69, 9.17) is 4.74 Å². The highest BCUT2D eigenvalue weighted by Gasteiger charge is 2.05. The molecule has 0 amide bonds. The normalized spacial score (nSPS) is 10.7. The number of rotatable bonds is 4. The second kappa shape index (κ2) is 5.65. The van der Waals surface area contributed by atoms with Gasteiger partial charge in [-0.25, -0.2) is 4.39 Å². The van der Waals surface area contributed by atoms with Crippen molar-refractivity contribution in [2.24, 2.45) is 0 Å². The van der Waals surface area contributed by atoms with E-state index in [1.165, 1.54) is 12.1 Å². The maximum Gasteiger partial charge on any atom is 0.131 e. The van der Waals surface area contributed by atoms with Crippen LogP contribution in [-0.2, 0) is 6.54 Å². The molecule has 18 heavy (non-hydrogen) atoms. The van der Waals surface area contributed by atoms with Crippen LogP contribution in [0.15, 0.2) is 48.5 Å². The Bertz CT molecular complexity index is 508. The van der Waals surface area contributed by atoms with Gasteiger partial charge in [-0.15, -0.1) is 0 Å². The molecular formula is C15H16FNO. The summed E-state index contributed by atoms with van der Waals surface area (Å²) in [6.07, 6.45) is 0. The molecule has 0 bridgehead atoms. The molecule has 0 radical (unpaired) electrons. The van der Waals surface area contributed by atoms with Gasteiger partial charge in [0, 0.05) is 12.1 Å². The van der Waals surface area contributed by atoms with Crippen molar-refractivity contribution in [2.75, 3.05) is 14.1 Å². The molecule has 0 aliphatic rings. The van der Waals surface area contributed by atoms with Crippen LogP contribution in [-0.4, -0.2) is 19.0 Å². The molecule has 2 aromatic rings. The van der Waals surface area contributed by atoms with Gasteiger partial charge in [-0.2, -0.15) is 0 Å². The predicted molar refractivity (Wildman–Crippen MR) is 70.3 cm³/mol. The summed E-state index contributed by atoms with van der Waals surface area (Å²) in [4.78, 5) is 2.08. The Morgan fingerprint density at radius 3 is 2.33 bits per heavy atom. The van der Waals surface area contributed by atoms with Gasteiger partial charge in [0.1, 0.15) is 17.3 Å². The van der Waals surface area contributed by atoms with Gasteiger partial charge in [0.05, 0.1) is 0 Å². The predicted octanol–water partition coefficient (Wildman–Crippen LogP) is 3.68. The first-order chi connectivity index (χ1) is 8.65. The van der Waals surface area contributed by atoms with Crippen LogP contribution in [0.25, 0.3) is 0 Å². The van der Waals surface area contributed by atoms with Gasteiger partial charge in [-0.05, 0) is 44.4 Å². The fraction of sp³-hybridized carbons (Fsp3) is 0.200. The summed E-state index contributed by atoms with van der Waals surface area (Å²) < 4.78 is 18.6. The van der Waals surface area contributed by atoms with Crippen LogP contribution >= 0.6 is 0 Å². The van der Waals surface area contributed by atoms with Gasteiger partial charge in [-0.1, -0.05) is 18.2 Å². The summed E-state index contributed by atoms with van der Waals surface area (Å²) in [6.45, 7) is 0.803. The van der Waals surface area contributed by atoms with Crippen molar-refractivity contribution in [1.82, 2.24) is 4.90 Å². The third-order valence-corrected chi connectivity index (χ3v) is 2.50. The molecule has 0 heterocycles. The van der Waals surface area contributed by atoms with Crippen molar-refractivity contribution in [3.63, 3.8) is 0 Å². The van der Waals surface area contributed by atoms with Gasteiger partial charge < -0.3 is 9.64 Å². The number of halogens is 1. The van der Waals surface area contributed by atoms with E-state index in [9.17, 15) is 4.39 Å². The number of para-hydroxylation sites is 1. The largest absolute Gasteiger partial charge is 0.457 e. The van der Waals surface area contributed by atoms with E-state index >= 15 is 0 Å². The van der Waals surface area contributed by atoms with E-state index < -0.39 is 0 Å². The minimum Gasteiger partial charge on any atom is -0.457 e. The van der Waals surface area contributed by atoms with Crippen LogP contribution in [0.1, 0.15) is 5.56 Å². The summed E-state index contributed by atoms with van der Waals surface area (Å²) >= 11 is 0. The van der Waals surface area contributed by atoms with Crippen molar-refractivity contribution < 1.29 is 9.13 Å². The molecule has 2 aromatic carbocycles. The third-order valence-electron chi connectivity index (χ3n) is 2.50. The molecule has 0 aliphatic heterocycles. The van der Waals surface area contributed by atoms with E-state index in [1.54, 1.807) is 12.1 Å². The molecule has 0 N–H and O–H groups in total. The Hall–Kier alpha value is -1.87. The van der Waals surface area contributed by atoms with E-state index in [0.29, 0.717) is 5.75 Å². The van der Waals surface area contributed by atoms with Crippen molar-refractivity contribution in [3.05, 3.63) is 59.9 Å². The molecule has 3 heteroatoms. The molecule has 0 unspecified atom stereocenters. The lowest BCUT2D eigenvalue weighted by molar-refractivity contribution is 0.388. The zero-order valence-corrected chi connectivity index (χ0v) is 10.6. The summed E-state index contributed by atoms with van der Waals surface area (Å²) in [6, 6.07) is 13.9. The molecule has 2 nitrogen and oxygen atoms in total. The smallest absolute Gasteiger partial charge is 0.131 e. The van der Waals surface area contributed by atoms with Crippen molar-refractivity contribution in [3.8, 4) is 11.5 Å². The number of hydrogen-bond acceptors (Lipinski definition) is 2. The van der Waals surface area contributed by atoms with Crippen LogP contribution < -0.4 is 4.74 Å². The lowest BCUT2D eigenvalue weighted by atomic mass is 10.2. The van der Waals surface area contributed by atoms with Gasteiger partial charge in [0.15, 0.2) is 0 Å². The Morgan fingerprint density at radius 2 is 1.67 bits per heavy atom. The Balaban J connectivity index is 2.20. The average molecular weight is 245 g/mol. The Morgan fingerprint density at radius 1 is 1.00 bits per heavy atom. The summed E-state index contributed by atoms with van der Waals surface area (Å²) in [5.41, 5.74) is 1.10. The van der Waals surface area contributed by atoms with Crippen molar-refractivity contribution >= 4 is 0 Å². The standard InChI is InChI=1S/C15H16FNO/c1-17(2)11-12-5-3-4-6-15(12)18-14-9-7-13(16)8-10-14/h3-10H,11H2,1-2H3. The Labute approximate surface area is 107 Å². The number of hydrogen-bond donors (Lipinski definition) is 0. The molecule has 0 aliphatic carbocycles. The van der Waals surface area contributed by atoms with Crippen LogP contribution in [0.2, 0.25) is 0 Å². The first kappa shape index (κ1) is 12.6. The minimum absolute atomic E-state index is 0.260. The molecule has 0 atom stereocenters. The molecule has 0 saturated carbocycles. The molecule has 94 valence electrons. The maximum atomic E-state index is 12.8. The number of nitrogens with zero attached hydrogens (tertiary/aromatic N) is 1. The Kier molecular flexibility index (Phi) is 3.95. The lowest BCUT2D eigenvalue weighted by Gasteiger charge is -2.14. The average Bonchev–Trinajstić information content (AvgIpc) is 2.34. The first-order valence-corrected chi connectivity index (χ1v) is 5.81. The summed E-state index contributed by atoms with van der Waals surface area (Å²) in [7, 11) is 4.02. The fourth-order valence-electron chi connectivity index (χ4n) is 1.70. The summed E-state index contributed by atoms with van der Waals surface area (Å²) in [5.74, 6) is 1.18. The highest BCUT2D eigenvalue weighted by molar-refractivity contribution is 5.37. The zero-order valence-electron chi connectivity index (χ0n) is 10.6. The minimum atomic E-state index is -0.260. The van der Waals surface area contributed by atoms with Crippen LogP contribution in [0.5, 0.6) is 11.5 Å². The van der Waals surface area contributed by atoms with Crippen LogP contribution in [0.4, 0.5) is 4.39 Å². The molecule has 0 spiro atoms. The summed E-state index contributed by atoms with van der Waals surface area (Å²) in [5, 5.41) is 0. The maximum absolute atomic E-state index is 12.8. The lowest BCUT2D eigenvalue weighted by Crippen LogP contribution is -2.11. The molecule has 0 aromatic heterocycles. The molecule has 0 saturated heterocycles. The van der Waals surface area contributed by atoms with E-state index in [-0.39, 0.29) is 5.82 Å². The van der Waals surface area contributed by atoms with E-state index in [1.807, 2.05) is 38.4 Å². The second-order valence-corrected chi connectivity index (χ2v) is 4.40. The molecule has 0 fully saturated rings. The molecule has 2 rings (SSSR count). The van der Waals surface area contributed by atoms with Crippen LogP contribution in [0, 0.1) is 5.82 Å². The van der Waals surface area contributed by atoms with Gasteiger partial charge in [0.2, 0.25) is 0 Å². The highest BCUT2D eigenvalue weighted by Crippen LogP contribution is 2.25. The van der Waals surface area contributed by atoms with Crippen molar-refractivity contribution in [1.29, 1.82) is 0 Å². The topological polar surface area (TPSA) is 12.5 Å². The van der Waals surface area contributed by atoms with E-state index in [2.05, 4.69) is 4.90 Å².